The molecule has 0 spiro atoms. The number of likely N-dealkylation sites (tertiary alicyclic amines) is 2. The van der Waals surface area contributed by atoms with Gasteiger partial charge in [0.1, 0.15) is 5.41 Å². The summed E-state index contributed by atoms with van der Waals surface area (Å²) in [6, 6.07) is 29.9. The number of benzene rings is 4. The Morgan fingerprint density at radius 1 is 0.843 bits per heavy atom. The predicted octanol–water partition coefficient (Wildman–Crippen LogP) is 5.51. The number of fused-ring (bicyclic) bond motifs is 7. The van der Waals surface area contributed by atoms with Crippen molar-refractivity contribution in [2.45, 2.75) is 47.3 Å². The zero-order chi connectivity index (χ0) is 35.4. The molecular formula is C41H44N6O3S. The molecule has 0 aliphatic carbocycles. The first-order valence-electron chi connectivity index (χ1n) is 17.8. The lowest BCUT2D eigenvalue weighted by atomic mass is 9.64. The summed E-state index contributed by atoms with van der Waals surface area (Å²) >= 11 is 0. The van der Waals surface area contributed by atoms with Gasteiger partial charge in [-0.05, 0) is 86.0 Å². The summed E-state index contributed by atoms with van der Waals surface area (Å²) in [6.45, 7) is 3.90. The third kappa shape index (κ3) is 4.27. The summed E-state index contributed by atoms with van der Waals surface area (Å²) in [5.41, 5.74) is 6.94. The van der Waals surface area contributed by atoms with Gasteiger partial charge in [-0.1, -0.05) is 72.3 Å². The van der Waals surface area contributed by atoms with E-state index in [0.717, 1.165) is 47.6 Å². The van der Waals surface area contributed by atoms with E-state index in [1.54, 1.807) is 48.5 Å². The molecule has 51 heavy (non-hydrogen) atoms. The largest absolute Gasteiger partial charge is 0.369 e. The molecule has 0 radical (unpaired) electrons. The molecule has 0 bridgehead atoms. The van der Waals surface area contributed by atoms with E-state index in [1.807, 2.05) is 37.3 Å². The monoisotopic (exact) mass is 700 g/mol. The number of anilines is 3. The maximum atomic E-state index is 14.8. The highest BCUT2D eigenvalue weighted by Gasteiger charge is 2.64. The number of sulfonamides is 1. The lowest BCUT2D eigenvalue weighted by Crippen LogP contribution is -2.48. The van der Waals surface area contributed by atoms with Gasteiger partial charge in [0.25, 0.3) is 10.0 Å². The van der Waals surface area contributed by atoms with Gasteiger partial charge in [0.05, 0.1) is 17.2 Å². The van der Waals surface area contributed by atoms with E-state index in [9.17, 15) is 13.2 Å². The van der Waals surface area contributed by atoms with Crippen LogP contribution in [0.15, 0.2) is 108 Å². The maximum Gasteiger partial charge on any atom is 0.263 e. The van der Waals surface area contributed by atoms with Gasteiger partial charge >= 0.3 is 0 Å². The highest BCUT2D eigenvalue weighted by atomic mass is 32.2. The first-order valence-corrected chi connectivity index (χ1v) is 19.2. The van der Waals surface area contributed by atoms with Crippen molar-refractivity contribution in [3.8, 4) is 0 Å². The Kier molecular flexibility index (Phi) is 7.08. The fourth-order valence-corrected chi connectivity index (χ4v) is 11.2. The minimum atomic E-state index is -3.86. The van der Waals surface area contributed by atoms with Crippen LogP contribution in [0.1, 0.15) is 40.2 Å². The number of nitrogens with zero attached hydrogens (tertiary/aromatic N) is 4. The third-order valence-corrected chi connectivity index (χ3v) is 14.4. The van der Waals surface area contributed by atoms with Gasteiger partial charge in [-0.25, -0.2) is 8.42 Å². The van der Waals surface area contributed by atoms with Crippen molar-refractivity contribution >= 4 is 33.0 Å². The van der Waals surface area contributed by atoms with Crippen LogP contribution in [-0.2, 0) is 25.6 Å². The molecule has 2 fully saturated rings. The zero-order valence-corrected chi connectivity index (χ0v) is 30.5. The topological polar surface area (TPSA) is 88.2 Å². The van der Waals surface area contributed by atoms with Crippen LogP contribution in [0.3, 0.4) is 0 Å². The van der Waals surface area contributed by atoms with E-state index >= 15 is 0 Å². The van der Waals surface area contributed by atoms with Crippen LogP contribution in [0, 0.1) is 12.8 Å². The lowest BCUT2D eigenvalue weighted by molar-refractivity contribution is -0.120. The van der Waals surface area contributed by atoms with Crippen LogP contribution < -0.4 is 15.5 Å². The lowest BCUT2D eigenvalue weighted by Gasteiger charge is -2.39. The fourth-order valence-electron chi connectivity index (χ4n) is 10.2. The van der Waals surface area contributed by atoms with Gasteiger partial charge in [-0.15, -0.1) is 0 Å². The van der Waals surface area contributed by atoms with Gasteiger partial charge in [-0.3, -0.25) is 18.9 Å². The molecule has 5 heterocycles. The van der Waals surface area contributed by atoms with E-state index in [2.05, 4.69) is 70.9 Å². The molecular weight excluding hydrogens is 657 g/mol. The number of carbonyl (C=O) groups excluding carboxylic acids is 1. The van der Waals surface area contributed by atoms with Crippen molar-refractivity contribution < 1.29 is 13.2 Å². The first kappa shape index (κ1) is 32.3. The molecule has 9 nitrogen and oxygen atoms in total. The van der Waals surface area contributed by atoms with Gasteiger partial charge < -0.3 is 15.5 Å². The minimum absolute atomic E-state index is 0.0509. The summed E-state index contributed by atoms with van der Waals surface area (Å²) in [4.78, 5) is 21.6. The number of aryl methyl sites for hydroxylation is 1. The van der Waals surface area contributed by atoms with Crippen molar-refractivity contribution in [1.82, 2.24) is 14.1 Å². The Morgan fingerprint density at radius 2 is 1.55 bits per heavy atom. The third-order valence-electron chi connectivity index (χ3n) is 12.7. The normalized spacial score (nSPS) is 29.4. The van der Waals surface area contributed by atoms with Crippen molar-refractivity contribution in [3.05, 3.63) is 131 Å². The molecule has 1 unspecified atom stereocenters. The summed E-state index contributed by atoms with van der Waals surface area (Å²) in [7, 11) is 3.91. The van der Waals surface area contributed by atoms with Gasteiger partial charge in [-0.2, -0.15) is 0 Å². The Labute approximate surface area is 300 Å². The highest BCUT2D eigenvalue weighted by molar-refractivity contribution is 7.89. The molecule has 2 N–H and O–H groups in total. The Morgan fingerprint density at radius 3 is 2.33 bits per heavy atom. The van der Waals surface area contributed by atoms with Gasteiger partial charge in [0.15, 0.2) is 0 Å². The molecule has 5 aliphatic heterocycles. The van der Waals surface area contributed by atoms with Crippen LogP contribution >= 0.6 is 0 Å². The number of rotatable bonds is 6. The van der Waals surface area contributed by atoms with Crippen LogP contribution in [-0.4, -0.2) is 82.0 Å². The summed E-state index contributed by atoms with van der Waals surface area (Å²) < 4.78 is 28.7. The average molecular weight is 701 g/mol. The number of para-hydroxylation sites is 3. The van der Waals surface area contributed by atoms with Gasteiger partial charge in [0.2, 0.25) is 5.91 Å². The molecule has 9 rings (SSSR count). The number of hydrogen-bond acceptors (Lipinski definition) is 7. The predicted molar refractivity (Wildman–Crippen MR) is 201 cm³/mol. The second-order valence-corrected chi connectivity index (χ2v) is 17.1. The Balaban J connectivity index is 1.19. The molecule has 2 saturated heterocycles. The molecule has 0 saturated carbocycles. The van der Waals surface area contributed by atoms with E-state index in [1.165, 1.54) is 28.2 Å². The second kappa shape index (κ2) is 11.2. The average Bonchev–Trinajstić information content (AvgIpc) is 3.91. The van der Waals surface area contributed by atoms with Crippen LogP contribution in [0.2, 0.25) is 0 Å². The van der Waals surface area contributed by atoms with Crippen LogP contribution in [0.5, 0.6) is 0 Å². The van der Waals surface area contributed by atoms with E-state index in [-0.39, 0.29) is 34.5 Å². The summed E-state index contributed by atoms with van der Waals surface area (Å²) in [5, 5.41) is 7.85. The first-order chi connectivity index (χ1) is 24.5. The number of carbonyl (C=O) groups is 1. The molecule has 0 aromatic heterocycles. The van der Waals surface area contributed by atoms with Gasteiger partial charge in [0, 0.05) is 61.8 Å². The second-order valence-electron chi connectivity index (χ2n) is 15.1. The fraction of sp³-hybridized carbons (Fsp3) is 0.341. The zero-order valence-electron chi connectivity index (χ0n) is 29.7. The molecule has 4 aromatic carbocycles. The standard InChI is InChI=1S/C41H44N6O3S/c1-26-17-19-27(20-18-26)51(49,50)46(4)24-22-41(30-13-7-9-16-34(30)47(5)39(41)48)31-14-10-11-28-35-32(25-45(3)37(35)43-36(28)31)40-21-23-44(2)38(40)42-33-15-8-6-12-29(33)40/h6-20,22,24,32,35,37-38,42-43H,21,23,25H2,1-5H3/b24-22+/t32-,35?,37+,38+,40+,41+/m1/s1. The van der Waals surface area contributed by atoms with E-state index in [4.69, 9.17) is 0 Å². The van der Waals surface area contributed by atoms with E-state index < -0.39 is 15.4 Å². The summed E-state index contributed by atoms with van der Waals surface area (Å²) in [5.74, 6) is 0.374. The van der Waals surface area contributed by atoms with E-state index in [0.29, 0.717) is 5.92 Å². The number of nitrogens with one attached hydrogen (secondary N) is 2. The minimum Gasteiger partial charge on any atom is -0.369 e. The SMILES string of the molecule is Cc1ccc(S(=O)(=O)N(C)/C=C/[C@]2(c3cccc4c3N[C@@H]3C4[C@H]([C@@]45CCN(C)[C@@H]4Nc4ccccc45)CN3C)C(=O)N(C)c3ccccc32)cc1. The molecule has 5 aliphatic rings. The number of likely N-dealkylation sites (N-methyl/N-ethyl adjacent to an activating group) is 3. The highest BCUT2D eigenvalue weighted by Crippen LogP contribution is 2.62. The summed E-state index contributed by atoms with van der Waals surface area (Å²) in [6.07, 6.45) is 4.69. The quantitative estimate of drug-likeness (QED) is 0.274. The van der Waals surface area contributed by atoms with Crippen molar-refractivity contribution in [3.63, 3.8) is 0 Å². The van der Waals surface area contributed by atoms with Crippen molar-refractivity contribution in [2.75, 3.05) is 56.8 Å². The Bertz CT molecular complexity index is 2220. The number of hydrogen-bond donors (Lipinski definition) is 2. The molecule has 1 amide bonds. The molecule has 4 aromatic rings. The Hall–Kier alpha value is -4.64. The molecule has 6 atom stereocenters. The van der Waals surface area contributed by atoms with Crippen molar-refractivity contribution in [1.29, 1.82) is 0 Å². The van der Waals surface area contributed by atoms with Crippen molar-refractivity contribution in [2.24, 2.45) is 5.92 Å². The van der Waals surface area contributed by atoms with Crippen LogP contribution in [0.4, 0.5) is 17.1 Å². The smallest absolute Gasteiger partial charge is 0.263 e. The molecule has 262 valence electrons. The van der Waals surface area contributed by atoms with Crippen LogP contribution in [0.25, 0.3) is 0 Å². The molecule has 10 heteroatoms. The number of amides is 1. The maximum absolute atomic E-state index is 14.8.